The molecule has 3 aromatic rings. The van der Waals surface area contributed by atoms with Crippen LogP contribution >= 0.6 is 0 Å². The van der Waals surface area contributed by atoms with Gasteiger partial charge in [0.2, 0.25) is 5.78 Å². The smallest absolute Gasteiger partial charge is 0.411 e. The second-order valence-corrected chi connectivity index (χ2v) is 10.6. The number of carbonyl (C=O) groups is 2. The fraction of sp³-hybridized carbons (Fsp3) is 0.333. The summed E-state index contributed by atoms with van der Waals surface area (Å²) in [5.41, 5.74) is 1.09. The van der Waals surface area contributed by atoms with Crippen molar-refractivity contribution in [2.75, 3.05) is 30.0 Å². The number of aromatic nitrogens is 3. The van der Waals surface area contributed by atoms with Crippen LogP contribution in [0.25, 0.3) is 17.0 Å². The van der Waals surface area contributed by atoms with Crippen molar-refractivity contribution in [3.63, 3.8) is 0 Å². The van der Waals surface area contributed by atoms with E-state index < -0.39 is 33.0 Å². The number of sulfone groups is 1. The van der Waals surface area contributed by atoms with E-state index in [1.54, 1.807) is 20.0 Å². The van der Waals surface area contributed by atoms with Gasteiger partial charge in [-0.15, -0.1) is 0 Å². The molecule has 0 unspecified atom stereocenters. The molecule has 180 valence electrons. The van der Waals surface area contributed by atoms with E-state index in [9.17, 15) is 22.4 Å². The number of rotatable bonds is 5. The van der Waals surface area contributed by atoms with E-state index in [1.807, 2.05) is 0 Å². The van der Waals surface area contributed by atoms with Gasteiger partial charge in [0.25, 0.3) is 0 Å². The topological polar surface area (TPSA) is 135 Å². The summed E-state index contributed by atoms with van der Waals surface area (Å²) in [5.74, 6) is -0.277. The lowest BCUT2D eigenvalue weighted by molar-refractivity contribution is 0.130. The highest BCUT2D eigenvalue weighted by atomic mass is 32.2. The summed E-state index contributed by atoms with van der Waals surface area (Å²) in [6.07, 6.45) is 4.73. The maximum absolute atomic E-state index is 14.6. The fourth-order valence-electron chi connectivity index (χ4n) is 3.32. The molecule has 2 aromatic heterocycles. The van der Waals surface area contributed by atoms with E-state index in [4.69, 9.17) is 4.74 Å². The molecule has 1 aliphatic heterocycles. The maximum atomic E-state index is 14.6. The molecule has 1 aliphatic rings. The Balaban J connectivity index is 1.50. The molecule has 0 radical (unpaired) electrons. The van der Waals surface area contributed by atoms with E-state index in [0.29, 0.717) is 11.4 Å². The van der Waals surface area contributed by atoms with Crippen LogP contribution in [0.4, 0.5) is 25.4 Å². The quantitative estimate of drug-likeness (QED) is 0.561. The van der Waals surface area contributed by atoms with Gasteiger partial charge in [0.05, 0.1) is 28.9 Å². The van der Waals surface area contributed by atoms with E-state index in [0.717, 1.165) is 6.26 Å². The zero-order valence-electron chi connectivity index (χ0n) is 18.6. The van der Waals surface area contributed by atoms with Crippen LogP contribution in [-0.2, 0) is 14.6 Å². The number of imidazole rings is 1. The number of ether oxygens (including phenoxy) is 1. The van der Waals surface area contributed by atoms with Gasteiger partial charge in [-0.2, -0.15) is 0 Å². The molecule has 0 aliphatic carbocycles. The van der Waals surface area contributed by atoms with Gasteiger partial charge in [0, 0.05) is 43.0 Å². The number of urea groups is 1. The van der Waals surface area contributed by atoms with Crippen LogP contribution in [0.3, 0.4) is 0 Å². The number of benzene rings is 1. The van der Waals surface area contributed by atoms with Gasteiger partial charge in [-0.3, -0.25) is 9.72 Å². The monoisotopic (exact) mass is 490 g/mol. The van der Waals surface area contributed by atoms with E-state index >= 15 is 0 Å². The first-order valence-electron chi connectivity index (χ1n) is 10.4. The average molecular weight is 491 g/mol. The number of nitrogens with one attached hydrogen (secondary N) is 2. The van der Waals surface area contributed by atoms with Crippen molar-refractivity contribution in [3.05, 3.63) is 42.6 Å². The molecule has 0 atom stereocenters. The van der Waals surface area contributed by atoms with Crippen molar-refractivity contribution in [3.8, 4) is 11.3 Å². The van der Waals surface area contributed by atoms with E-state index in [2.05, 4.69) is 20.6 Å². The van der Waals surface area contributed by atoms with Crippen molar-refractivity contribution < 1.29 is 27.1 Å². The first-order valence-corrected chi connectivity index (χ1v) is 12.3. The molecule has 1 saturated heterocycles. The Morgan fingerprint density at radius 2 is 1.91 bits per heavy atom. The summed E-state index contributed by atoms with van der Waals surface area (Å²) < 4.78 is 44.2. The van der Waals surface area contributed by atoms with Gasteiger partial charge in [-0.05, 0) is 32.0 Å². The number of carbonyl (C=O) groups excluding carboxylic acids is 2. The van der Waals surface area contributed by atoms with Crippen LogP contribution in [0.15, 0.2) is 36.8 Å². The van der Waals surface area contributed by atoms with Gasteiger partial charge in [-0.25, -0.2) is 32.4 Å². The van der Waals surface area contributed by atoms with E-state index in [-0.39, 0.29) is 36.2 Å². The number of anilines is 2. The van der Waals surface area contributed by atoms with Gasteiger partial charge < -0.3 is 15.0 Å². The summed E-state index contributed by atoms with van der Waals surface area (Å²) in [7, 11) is -3.20. The molecule has 11 nitrogen and oxygen atoms in total. The van der Waals surface area contributed by atoms with Gasteiger partial charge in [-0.1, -0.05) is 0 Å². The molecule has 4 rings (SSSR count). The van der Waals surface area contributed by atoms with Crippen molar-refractivity contribution in [2.45, 2.75) is 25.2 Å². The van der Waals surface area contributed by atoms with Crippen LogP contribution in [0.5, 0.6) is 0 Å². The average Bonchev–Trinajstić information content (AvgIpc) is 3.09. The highest BCUT2D eigenvalue weighted by Crippen LogP contribution is 2.27. The largest absolute Gasteiger partial charge is 0.447 e. The lowest BCUT2D eigenvalue weighted by atomic mass is 10.1. The summed E-state index contributed by atoms with van der Waals surface area (Å²) in [6.45, 7) is 3.67. The number of fused-ring (bicyclic) bond motifs is 1. The maximum Gasteiger partial charge on any atom is 0.411 e. The fourth-order valence-corrected chi connectivity index (χ4v) is 4.22. The molecular weight excluding hydrogens is 467 g/mol. The minimum atomic E-state index is -3.20. The van der Waals surface area contributed by atoms with E-state index in [1.165, 1.54) is 39.9 Å². The number of halogens is 1. The first kappa shape index (κ1) is 23.4. The van der Waals surface area contributed by atoms with Crippen LogP contribution in [-0.4, -0.2) is 70.5 Å². The molecule has 3 heterocycles. The zero-order chi connectivity index (χ0) is 24.6. The first-order chi connectivity index (χ1) is 16.0. The Bertz CT molecular complexity index is 1370. The standard InChI is InChI=1S/C21H23FN6O5S/c1-12(2)33-21(30)25-14-7-23-19-26-18(11-27(19)8-14)16-6-13(4-5-17(16)22)24-20(29)28-9-15(10-28)34(3,31)32/h4-8,11-12,15H,9-10H2,1-3H3,(H,24,29)(H,25,30). The molecule has 0 bridgehead atoms. The number of likely N-dealkylation sites (tertiary alicyclic amines) is 1. The molecule has 13 heteroatoms. The minimum absolute atomic E-state index is 0.109. The third-order valence-corrected chi connectivity index (χ3v) is 6.64. The summed E-state index contributed by atoms with van der Waals surface area (Å²) in [5, 5.41) is 4.63. The van der Waals surface area contributed by atoms with Crippen molar-refractivity contribution >= 4 is 39.1 Å². The number of amides is 3. The normalized spacial score (nSPS) is 14.2. The Kier molecular flexibility index (Phi) is 6.13. The predicted octanol–water partition coefficient (Wildman–Crippen LogP) is 2.75. The van der Waals surface area contributed by atoms with Crippen LogP contribution in [0.2, 0.25) is 0 Å². The number of hydrogen-bond donors (Lipinski definition) is 2. The molecule has 1 fully saturated rings. The lowest BCUT2D eigenvalue weighted by Gasteiger charge is -2.37. The molecule has 0 saturated carbocycles. The van der Waals surface area contributed by atoms with Crippen molar-refractivity contribution in [1.82, 2.24) is 19.3 Å². The molecule has 1 aromatic carbocycles. The predicted molar refractivity (Wildman–Crippen MR) is 123 cm³/mol. The summed E-state index contributed by atoms with van der Waals surface area (Å²) in [6, 6.07) is 3.56. The van der Waals surface area contributed by atoms with Gasteiger partial charge >= 0.3 is 12.1 Å². The van der Waals surface area contributed by atoms with Crippen LogP contribution in [0, 0.1) is 5.82 Å². The zero-order valence-corrected chi connectivity index (χ0v) is 19.5. The summed E-state index contributed by atoms with van der Waals surface area (Å²) in [4.78, 5) is 34.0. The lowest BCUT2D eigenvalue weighted by Crippen LogP contribution is -2.57. The van der Waals surface area contributed by atoms with Gasteiger partial charge in [0.1, 0.15) is 5.82 Å². The van der Waals surface area contributed by atoms with Crippen molar-refractivity contribution in [1.29, 1.82) is 0 Å². The molecule has 3 amide bonds. The molecule has 0 spiro atoms. The Morgan fingerprint density at radius 3 is 2.59 bits per heavy atom. The van der Waals surface area contributed by atoms with Crippen LogP contribution < -0.4 is 10.6 Å². The third-order valence-electron chi connectivity index (χ3n) is 5.13. The summed E-state index contributed by atoms with van der Waals surface area (Å²) >= 11 is 0. The Morgan fingerprint density at radius 1 is 1.18 bits per heavy atom. The number of nitrogens with zero attached hydrogens (tertiary/aromatic N) is 4. The Hall–Kier alpha value is -3.74. The second-order valence-electron chi connectivity index (χ2n) is 8.24. The minimum Gasteiger partial charge on any atom is -0.447 e. The molecular formula is C21H23FN6O5S. The van der Waals surface area contributed by atoms with Crippen LogP contribution in [0.1, 0.15) is 13.8 Å². The third kappa shape index (κ3) is 5.09. The molecule has 2 N–H and O–H groups in total. The highest BCUT2D eigenvalue weighted by Gasteiger charge is 2.37. The van der Waals surface area contributed by atoms with Gasteiger partial charge in [0.15, 0.2) is 9.84 Å². The Labute approximate surface area is 194 Å². The number of hydrogen-bond acceptors (Lipinski definition) is 7. The highest BCUT2D eigenvalue weighted by molar-refractivity contribution is 7.91. The van der Waals surface area contributed by atoms with Crippen molar-refractivity contribution in [2.24, 2.45) is 0 Å². The second kappa shape index (κ2) is 8.89. The molecule has 34 heavy (non-hydrogen) atoms. The SMILES string of the molecule is CC(C)OC(=O)Nc1cnc2nc(-c3cc(NC(=O)N4CC(S(C)(=O)=O)C4)ccc3F)cn2c1.